The summed E-state index contributed by atoms with van der Waals surface area (Å²) in [4.78, 5) is 17.0. The lowest BCUT2D eigenvalue weighted by Gasteiger charge is -2.15. The van der Waals surface area contributed by atoms with Crippen molar-refractivity contribution in [3.8, 4) is 11.3 Å². The fourth-order valence-corrected chi connectivity index (χ4v) is 4.31. The molecule has 0 aliphatic heterocycles. The van der Waals surface area contributed by atoms with Gasteiger partial charge in [0.2, 0.25) is 5.91 Å². The van der Waals surface area contributed by atoms with Crippen molar-refractivity contribution in [2.45, 2.75) is 32.6 Å². The van der Waals surface area contributed by atoms with Crippen molar-refractivity contribution in [3.63, 3.8) is 0 Å². The van der Waals surface area contributed by atoms with Crippen LogP contribution < -0.4 is 5.32 Å². The molecule has 120 valence electrons. The van der Waals surface area contributed by atoms with Crippen molar-refractivity contribution in [2.24, 2.45) is 24.8 Å². The lowest BCUT2D eigenvalue weighted by Crippen LogP contribution is -2.26. The first-order chi connectivity index (χ1) is 11.1. The van der Waals surface area contributed by atoms with Gasteiger partial charge in [0, 0.05) is 30.9 Å². The number of anilines is 1. The van der Waals surface area contributed by atoms with E-state index in [-0.39, 0.29) is 11.8 Å². The third kappa shape index (κ3) is 2.54. The second kappa shape index (κ2) is 5.48. The summed E-state index contributed by atoms with van der Waals surface area (Å²) in [6.45, 7) is 2.01. The maximum absolute atomic E-state index is 12.6. The normalized spacial score (nSPS) is 25.7. The predicted octanol–water partition coefficient (Wildman–Crippen LogP) is 3.17. The molecule has 0 saturated heterocycles. The van der Waals surface area contributed by atoms with Gasteiger partial charge in [-0.15, -0.1) is 0 Å². The van der Waals surface area contributed by atoms with E-state index < -0.39 is 0 Å². The summed E-state index contributed by atoms with van der Waals surface area (Å²) in [6, 6.07) is 3.91. The first-order valence-electron chi connectivity index (χ1n) is 8.39. The van der Waals surface area contributed by atoms with Crippen molar-refractivity contribution >= 4 is 11.7 Å². The van der Waals surface area contributed by atoms with Gasteiger partial charge < -0.3 is 5.32 Å². The van der Waals surface area contributed by atoms with Gasteiger partial charge in [-0.25, -0.2) is 4.98 Å². The zero-order valence-electron chi connectivity index (χ0n) is 13.6. The van der Waals surface area contributed by atoms with E-state index in [1.165, 1.54) is 25.7 Å². The maximum atomic E-state index is 12.6. The van der Waals surface area contributed by atoms with Crippen LogP contribution in [-0.2, 0) is 11.8 Å². The topological polar surface area (TPSA) is 59.8 Å². The van der Waals surface area contributed by atoms with Gasteiger partial charge in [-0.3, -0.25) is 9.48 Å². The summed E-state index contributed by atoms with van der Waals surface area (Å²) < 4.78 is 1.78. The largest absolute Gasteiger partial charge is 0.310 e. The summed E-state index contributed by atoms with van der Waals surface area (Å²) in [7, 11) is 1.90. The fraction of sp³-hybridized carbons (Fsp3) is 0.500. The van der Waals surface area contributed by atoms with E-state index in [0.29, 0.717) is 17.7 Å². The minimum atomic E-state index is 0.151. The van der Waals surface area contributed by atoms with Gasteiger partial charge in [0.1, 0.15) is 5.82 Å². The quantitative estimate of drug-likeness (QED) is 0.947. The molecule has 2 bridgehead atoms. The van der Waals surface area contributed by atoms with E-state index in [1.54, 1.807) is 4.68 Å². The minimum Gasteiger partial charge on any atom is -0.310 e. The van der Waals surface area contributed by atoms with Gasteiger partial charge in [0.25, 0.3) is 0 Å². The molecule has 2 saturated carbocycles. The van der Waals surface area contributed by atoms with E-state index in [4.69, 9.17) is 0 Å². The minimum absolute atomic E-state index is 0.151. The Balaban J connectivity index is 1.57. The zero-order chi connectivity index (χ0) is 16.0. The number of amides is 1. The van der Waals surface area contributed by atoms with E-state index in [0.717, 1.165) is 16.8 Å². The van der Waals surface area contributed by atoms with Gasteiger partial charge in [-0.05, 0) is 62.1 Å². The highest BCUT2D eigenvalue weighted by Crippen LogP contribution is 2.49. The average Bonchev–Trinajstić information content (AvgIpc) is 3.24. The molecule has 0 radical (unpaired) electrons. The van der Waals surface area contributed by atoms with Gasteiger partial charge in [-0.2, -0.15) is 5.10 Å². The van der Waals surface area contributed by atoms with Crippen LogP contribution in [0.25, 0.3) is 11.3 Å². The number of carbonyl (C=O) groups excluding carboxylic acids is 1. The number of nitrogens with zero attached hydrogens (tertiary/aromatic N) is 3. The standard InChI is InChI=1S/C18H22N4O/c1-11-10-19-16(9-14(11)15-7-8-22(2)21-15)20-18(23)17-12-3-4-13(17)6-5-12/h7-10,12-13,17H,3-6H2,1-2H3,(H,19,20,23). The monoisotopic (exact) mass is 310 g/mol. The van der Waals surface area contributed by atoms with Crippen LogP contribution >= 0.6 is 0 Å². The Bertz CT molecular complexity index is 731. The number of aromatic nitrogens is 3. The highest BCUT2D eigenvalue weighted by Gasteiger charge is 2.45. The molecule has 0 spiro atoms. The molecule has 0 unspecified atom stereocenters. The smallest absolute Gasteiger partial charge is 0.229 e. The fourth-order valence-electron chi connectivity index (χ4n) is 4.31. The molecule has 5 heteroatoms. The second-order valence-corrected chi connectivity index (χ2v) is 6.95. The van der Waals surface area contributed by atoms with Crippen LogP contribution in [0.2, 0.25) is 0 Å². The van der Waals surface area contributed by atoms with Crippen molar-refractivity contribution in [3.05, 3.63) is 30.1 Å². The predicted molar refractivity (Wildman–Crippen MR) is 88.7 cm³/mol. The molecule has 2 fully saturated rings. The third-order valence-electron chi connectivity index (χ3n) is 5.48. The molecule has 0 aromatic carbocycles. The number of aryl methyl sites for hydroxylation is 2. The molecule has 2 heterocycles. The summed E-state index contributed by atoms with van der Waals surface area (Å²) in [6.07, 6.45) is 8.58. The van der Waals surface area contributed by atoms with Crippen LogP contribution in [-0.4, -0.2) is 20.7 Å². The molecule has 4 rings (SSSR count). The summed E-state index contributed by atoms with van der Waals surface area (Å²) in [5.41, 5.74) is 2.98. The summed E-state index contributed by atoms with van der Waals surface area (Å²) >= 11 is 0. The highest BCUT2D eigenvalue weighted by atomic mass is 16.2. The van der Waals surface area contributed by atoms with Crippen LogP contribution in [0.5, 0.6) is 0 Å². The van der Waals surface area contributed by atoms with E-state index in [2.05, 4.69) is 15.4 Å². The lowest BCUT2D eigenvalue weighted by molar-refractivity contribution is -0.121. The number of hydrogen-bond acceptors (Lipinski definition) is 3. The van der Waals surface area contributed by atoms with Gasteiger partial charge >= 0.3 is 0 Å². The maximum Gasteiger partial charge on any atom is 0.229 e. The Kier molecular flexibility index (Phi) is 3.43. The number of nitrogens with one attached hydrogen (secondary N) is 1. The molecular formula is C18H22N4O. The Morgan fingerprint density at radius 2 is 1.96 bits per heavy atom. The first kappa shape index (κ1) is 14.4. The summed E-state index contributed by atoms with van der Waals surface area (Å²) in [5, 5.41) is 7.49. The van der Waals surface area contributed by atoms with E-state index >= 15 is 0 Å². The average molecular weight is 310 g/mol. The van der Waals surface area contributed by atoms with E-state index in [9.17, 15) is 4.79 Å². The van der Waals surface area contributed by atoms with Crippen molar-refractivity contribution in [1.82, 2.24) is 14.8 Å². The van der Waals surface area contributed by atoms with Crippen LogP contribution in [0.4, 0.5) is 5.82 Å². The Labute approximate surface area is 136 Å². The second-order valence-electron chi connectivity index (χ2n) is 6.95. The number of fused-ring (bicyclic) bond motifs is 2. The molecule has 2 aromatic rings. The SMILES string of the molecule is Cc1cnc(NC(=O)C2C3CCC2CC3)cc1-c1ccn(C)n1. The molecule has 1 amide bonds. The lowest BCUT2D eigenvalue weighted by atomic mass is 9.97. The van der Waals surface area contributed by atoms with Gasteiger partial charge in [-0.1, -0.05) is 0 Å². The molecule has 0 atom stereocenters. The molecular weight excluding hydrogens is 288 g/mol. The number of hydrogen-bond donors (Lipinski definition) is 1. The molecule has 2 aromatic heterocycles. The molecule has 23 heavy (non-hydrogen) atoms. The van der Waals surface area contributed by atoms with Gasteiger partial charge in [0.05, 0.1) is 5.69 Å². The molecule has 2 aliphatic rings. The number of carbonyl (C=O) groups is 1. The van der Waals surface area contributed by atoms with E-state index in [1.807, 2.05) is 38.5 Å². The number of pyridine rings is 1. The first-order valence-corrected chi connectivity index (χ1v) is 8.39. The van der Waals surface area contributed by atoms with Crippen LogP contribution in [0, 0.1) is 24.7 Å². The molecule has 2 aliphatic carbocycles. The summed E-state index contributed by atoms with van der Waals surface area (Å²) in [5.74, 6) is 2.14. The van der Waals surface area contributed by atoms with Crippen molar-refractivity contribution < 1.29 is 4.79 Å². The van der Waals surface area contributed by atoms with Crippen molar-refractivity contribution in [1.29, 1.82) is 0 Å². The molecule has 5 nitrogen and oxygen atoms in total. The van der Waals surface area contributed by atoms with Gasteiger partial charge in [0.15, 0.2) is 0 Å². The third-order valence-corrected chi connectivity index (χ3v) is 5.48. The zero-order valence-corrected chi connectivity index (χ0v) is 13.6. The van der Waals surface area contributed by atoms with Crippen LogP contribution in [0.3, 0.4) is 0 Å². The highest BCUT2D eigenvalue weighted by molar-refractivity contribution is 5.93. The Morgan fingerprint density at radius 1 is 1.26 bits per heavy atom. The number of rotatable bonds is 3. The van der Waals surface area contributed by atoms with Crippen LogP contribution in [0.1, 0.15) is 31.2 Å². The van der Waals surface area contributed by atoms with Crippen LogP contribution in [0.15, 0.2) is 24.5 Å². The molecule has 1 N–H and O–H groups in total. The Morgan fingerprint density at radius 3 is 2.57 bits per heavy atom. The van der Waals surface area contributed by atoms with Crippen molar-refractivity contribution in [2.75, 3.05) is 5.32 Å². The Hall–Kier alpha value is -2.17.